The minimum absolute atomic E-state index is 0.0173. The van der Waals surface area contributed by atoms with Gasteiger partial charge in [-0.05, 0) is 50.0 Å². The molecule has 2 heterocycles. The number of aromatic nitrogens is 2. The maximum Gasteiger partial charge on any atom is 0.435 e. The number of methoxy groups -OCH3 is 2. The molecular formula is C24H21F4N3O4. The van der Waals surface area contributed by atoms with Crippen LogP contribution in [0.4, 0.5) is 23.2 Å². The van der Waals surface area contributed by atoms with E-state index >= 15 is 0 Å². The van der Waals surface area contributed by atoms with Crippen LogP contribution in [0.15, 0.2) is 53.9 Å². The SMILES string of the molecule is COC(=O)C1=C(C(=O)OC)N(c2cc(F)ccc2-n2nc(C(F)(F)F)c3c2CCCC3)C=CC=C1. The first-order valence-electron chi connectivity index (χ1n) is 10.7. The maximum absolute atomic E-state index is 14.5. The van der Waals surface area contributed by atoms with Gasteiger partial charge in [0.15, 0.2) is 5.69 Å². The Hall–Kier alpha value is -3.89. The predicted octanol–water partition coefficient (Wildman–Crippen LogP) is 4.40. The zero-order valence-corrected chi connectivity index (χ0v) is 18.9. The summed E-state index contributed by atoms with van der Waals surface area (Å²) in [6.45, 7) is 0. The molecule has 1 aromatic carbocycles. The highest BCUT2D eigenvalue weighted by Crippen LogP contribution is 2.39. The second-order valence-electron chi connectivity index (χ2n) is 7.84. The van der Waals surface area contributed by atoms with Crippen LogP contribution in [0, 0.1) is 5.82 Å². The van der Waals surface area contributed by atoms with E-state index in [1.807, 2.05) is 0 Å². The lowest BCUT2D eigenvalue weighted by molar-refractivity contribution is -0.142. The highest BCUT2D eigenvalue weighted by atomic mass is 19.4. The van der Waals surface area contributed by atoms with Crippen molar-refractivity contribution in [3.8, 4) is 5.69 Å². The number of hydrogen-bond donors (Lipinski definition) is 0. The van der Waals surface area contributed by atoms with Crippen LogP contribution in [-0.4, -0.2) is 35.9 Å². The van der Waals surface area contributed by atoms with E-state index < -0.39 is 29.6 Å². The molecule has 35 heavy (non-hydrogen) atoms. The minimum Gasteiger partial charge on any atom is -0.465 e. The van der Waals surface area contributed by atoms with Crippen LogP contribution >= 0.6 is 0 Å². The maximum atomic E-state index is 14.5. The molecule has 0 spiro atoms. The Kier molecular flexibility index (Phi) is 6.51. The van der Waals surface area contributed by atoms with Gasteiger partial charge in [0.25, 0.3) is 0 Å². The molecule has 0 N–H and O–H groups in total. The summed E-state index contributed by atoms with van der Waals surface area (Å²) < 4.78 is 66.6. The first-order valence-corrected chi connectivity index (χ1v) is 10.7. The summed E-state index contributed by atoms with van der Waals surface area (Å²) in [7, 11) is 2.23. The molecule has 0 radical (unpaired) electrons. The molecule has 1 aromatic heterocycles. The molecule has 0 saturated carbocycles. The number of benzene rings is 1. The number of nitrogens with zero attached hydrogens (tertiary/aromatic N) is 3. The Bertz CT molecular complexity index is 1270. The standard InChI is InChI=1S/C24H21F4N3O4/c1-34-22(32)16-8-5-6-12-30(20(16)23(33)35-2)19-13-14(25)10-11-18(19)31-17-9-4-3-7-15(17)21(29-31)24(26,27)28/h5-6,8,10-13H,3-4,7,9H2,1-2H3. The fourth-order valence-electron chi connectivity index (χ4n) is 4.25. The van der Waals surface area contributed by atoms with Gasteiger partial charge in [-0.1, -0.05) is 6.08 Å². The van der Waals surface area contributed by atoms with Gasteiger partial charge >= 0.3 is 18.1 Å². The third kappa shape index (κ3) is 4.45. The van der Waals surface area contributed by atoms with Crippen LogP contribution in [0.1, 0.15) is 29.8 Å². The van der Waals surface area contributed by atoms with Crippen molar-refractivity contribution in [2.45, 2.75) is 31.9 Å². The molecule has 0 unspecified atom stereocenters. The number of rotatable bonds is 4. The summed E-state index contributed by atoms with van der Waals surface area (Å²) >= 11 is 0. The summed E-state index contributed by atoms with van der Waals surface area (Å²) in [6, 6.07) is 3.42. The molecule has 0 amide bonds. The number of halogens is 4. The quantitative estimate of drug-likeness (QED) is 0.467. The summed E-state index contributed by atoms with van der Waals surface area (Å²) in [5.74, 6) is -2.50. The van der Waals surface area contributed by atoms with Gasteiger partial charge < -0.3 is 14.4 Å². The highest BCUT2D eigenvalue weighted by Gasteiger charge is 2.40. The Balaban J connectivity index is 1.99. The molecule has 4 rings (SSSR count). The van der Waals surface area contributed by atoms with Crippen LogP contribution in [0.5, 0.6) is 0 Å². The Morgan fingerprint density at radius 2 is 1.71 bits per heavy atom. The van der Waals surface area contributed by atoms with Gasteiger partial charge in [-0.3, -0.25) is 0 Å². The number of allylic oxidation sites excluding steroid dienone is 2. The summed E-state index contributed by atoms with van der Waals surface area (Å²) in [6.07, 6.45) is 2.79. The van der Waals surface area contributed by atoms with Crippen LogP contribution in [-0.2, 0) is 38.1 Å². The van der Waals surface area contributed by atoms with E-state index in [0.29, 0.717) is 25.0 Å². The van der Waals surface area contributed by atoms with Crippen molar-refractivity contribution in [2.24, 2.45) is 0 Å². The molecule has 2 aromatic rings. The van der Waals surface area contributed by atoms with Crippen LogP contribution < -0.4 is 4.90 Å². The van der Waals surface area contributed by atoms with Gasteiger partial charge in [0.2, 0.25) is 0 Å². The van der Waals surface area contributed by atoms with Crippen molar-refractivity contribution in [3.63, 3.8) is 0 Å². The van der Waals surface area contributed by atoms with Crippen molar-refractivity contribution < 1.29 is 36.6 Å². The smallest absolute Gasteiger partial charge is 0.435 e. The average Bonchev–Trinajstić information content (AvgIpc) is 3.09. The summed E-state index contributed by atoms with van der Waals surface area (Å²) in [4.78, 5) is 26.4. The Labute approximate surface area is 197 Å². The summed E-state index contributed by atoms with van der Waals surface area (Å²) in [5.41, 5.74) is -0.925. The van der Waals surface area contributed by atoms with E-state index in [9.17, 15) is 27.2 Å². The number of fused-ring (bicyclic) bond motifs is 1. The lowest BCUT2D eigenvalue weighted by atomic mass is 9.95. The highest BCUT2D eigenvalue weighted by molar-refractivity contribution is 6.05. The van der Waals surface area contributed by atoms with Crippen molar-refractivity contribution in [1.29, 1.82) is 0 Å². The van der Waals surface area contributed by atoms with E-state index in [1.54, 1.807) is 0 Å². The second kappa shape index (κ2) is 9.40. The van der Waals surface area contributed by atoms with Gasteiger partial charge in [-0.25, -0.2) is 18.7 Å². The molecule has 0 fully saturated rings. The third-order valence-electron chi connectivity index (χ3n) is 5.76. The molecule has 11 heteroatoms. The van der Waals surface area contributed by atoms with E-state index in [2.05, 4.69) is 5.10 Å². The van der Waals surface area contributed by atoms with Gasteiger partial charge in [-0.15, -0.1) is 0 Å². The topological polar surface area (TPSA) is 73.7 Å². The zero-order valence-electron chi connectivity index (χ0n) is 18.9. The van der Waals surface area contributed by atoms with Gasteiger partial charge in [0, 0.05) is 23.5 Å². The van der Waals surface area contributed by atoms with Gasteiger partial charge in [0.05, 0.1) is 31.2 Å². The number of ether oxygens (including phenoxy) is 2. The molecular weight excluding hydrogens is 470 g/mol. The van der Waals surface area contributed by atoms with Crippen molar-refractivity contribution >= 4 is 17.6 Å². The number of carbonyl (C=O) groups is 2. The van der Waals surface area contributed by atoms with Crippen LogP contribution in [0.2, 0.25) is 0 Å². The van der Waals surface area contributed by atoms with E-state index in [-0.39, 0.29) is 34.6 Å². The van der Waals surface area contributed by atoms with Crippen molar-refractivity contribution in [1.82, 2.24) is 9.78 Å². The molecule has 2 aliphatic rings. The average molecular weight is 491 g/mol. The van der Waals surface area contributed by atoms with Crippen LogP contribution in [0.3, 0.4) is 0 Å². The zero-order chi connectivity index (χ0) is 25.3. The normalized spacial score (nSPS) is 15.7. The Morgan fingerprint density at radius 3 is 2.40 bits per heavy atom. The monoisotopic (exact) mass is 491 g/mol. The van der Waals surface area contributed by atoms with E-state index in [1.165, 1.54) is 35.4 Å². The number of anilines is 1. The number of esters is 2. The molecule has 0 bridgehead atoms. The molecule has 1 aliphatic heterocycles. The first kappa shape index (κ1) is 24.2. The third-order valence-corrected chi connectivity index (χ3v) is 5.76. The second-order valence-corrected chi connectivity index (χ2v) is 7.84. The van der Waals surface area contributed by atoms with Crippen molar-refractivity contribution in [2.75, 3.05) is 19.1 Å². The molecule has 0 atom stereocenters. The fourth-order valence-corrected chi connectivity index (χ4v) is 4.25. The molecule has 1 aliphatic carbocycles. The van der Waals surface area contributed by atoms with E-state index in [0.717, 1.165) is 31.0 Å². The largest absolute Gasteiger partial charge is 0.465 e. The predicted molar refractivity (Wildman–Crippen MR) is 117 cm³/mol. The first-order chi connectivity index (χ1) is 16.7. The van der Waals surface area contributed by atoms with Crippen molar-refractivity contribution in [3.05, 3.63) is 76.7 Å². The molecule has 184 valence electrons. The minimum atomic E-state index is -4.67. The van der Waals surface area contributed by atoms with Crippen LogP contribution in [0.25, 0.3) is 5.69 Å². The lowest BCUT2D eigenvalue weighted by Gasteiger charge is -2.26. The van der Waals surface area contributed by atoms with Gasteiger partial charge in [-0.2, -0.15) is 18.3 Å². The lowest BCUT2D eigenvalue weighted by Crippen LogP contribution is -2.28. The number of alkyl halides is 3. The Morgan fingerprint density at radius 1 is 1.00 bits per heavy atom. The fraction of sp³-hybridized carbons (Fsp3) is 0.292. The van der Waals surface area contributed by atoms with E-state index in [4.69, 9.17) is 9.47 Å². The number of carbonyl (C=O) groups excluding carboxylic acids is 2. The molecule has 0 saturated heterocycles. The summed E-state index contributed by atoms with van der Waals surface area (Å²) in [5, 5.41) is 3.88. The molecule has 7 nitrogen and oxygen atoms in total. The van der Waals surface area contributed by atoms with Gasteiger partial charge in [0.1, 0.15) is 11.5 Å². The number of hydrogen-bond acceptors (Lipinski definition) is 6.